The number of hydrogen-bond donors (Lipinski definition) is 2. The molecule has 0 aliphatic rings. The van der Waals surface area contributed by atoms with Crippen LogP contribution in [0.25, 0.3) is 33.0 Å². The molecule has 1 amide bonds. The molecule has 0 bridgehead atoms. The smallest absolute Gasteiger partial charge is 0.336 e. The molecule has 9 heteroatoms. The Labute approximate surface area is 232 Å². The summed E-state index contributed by atoms with van der Waals surface area (Å²) in [5, 5.41) is 16.3. The van der Waals surface area contributed by atoms with E-state index >= 15 is 0 Å². The zero-order valence-corrected chi connectivity index (χ0v) is 22.0. The Morgan fingerprint density at radius 3 is 2.37 bits per heavy atom. The molecule has 188 valence electrons. The standard InChI is InChI=1S/C29H19Cl2N3O3S/c30-24-10-8-20(13-25(24)31)26-16-38-28(34-26)21-7-9-22(23(12-21)29(36)37)18-3-5-19(6-4-18)27(35)33-15-17-2-1-11-32-14-17/h1-14,16H,15H2,(H,33,35)(H,36,37). The molecule has 5 rings (SSSR count). The van der Waals surface area contributed by atoms with Crippen LogP contribution in [0.3, 0.4) is 0 Å². The first-order valence-corrected chi connectivity index (χ1v) is 13.1. The number of carbonyl (C=O) groups is 2. The van der Waals surface area contributed by atoms with Crippen LogP contribution in [-0.4, -0.2) is 27.0 Å². The van der Waals surface area contributed by atoms with Gasteiger partial charge < -0.3 is 10.4 Å². The van der Waals surface area contributed by atoms with E-state index < -0.39 is 5.97 Å². The number of rotatable bonds is 7. The number of aromatic nitrogens is 2. The van der Waals surface area contributed by atoms with Crippen molar-refractivity contribution in [1.82, 2.24) is 15.3 Å². The van der Waals surface area contributed by atoms with Gasteiger partial charge in [0.15, 0.2) is 0 Å². The van der Waals surface area contributed by atoms with Crippen molar-refractivity contribution in [2.45, 2.75) is 6.54 Å². The average Bonchev–Trinajstić information content (AvgIpc) is 3.44. The van der Waals surface area contributed by atoms with Crippen LogP contribution < -0.4 is 5.32 Å². The lowest BCUT2D eigenvalue weighted by Crippen LogP contribution is -2.22. The number of carbonyl (C=O) groups excluding carboxylic acids is 1. The third-order valence-electron chi connectivity index (χ3n) is 5.85. The van der Waals surface area contributed by atoms with E-state index in [4.69, 9.17) is 23.2 Å². The van der Waals surface area contributed by atoms with Gasteiger partial charge in [0.2, 0.25) is 0 Å². The number of carboxylic acids is 1. The Bertz CT molecular complexity index is 1640. The molecule has 0 aliphatic carbocycles. The molecule has 0 atom stereocenters. The van der Waals surface area contributed by atoms with Crippen molar-refractivity contribution in [3.8, 4) is 33.0 Å². The van der Waals surface area contributed by atoms with Crippen LogP contribution in [0.1, 0.15) is 26.3 Å². The maximum atomic E-state index is 12.5. The van der Waals surface area contributed by atoms with E-state index in [0.717, 1.165) is 16.8 Å². The molecule has 0 radical (unpaired) electrons. The fourth-order valence-corrected chi connectivity index (χ4v) is 5.01. The van der Waals surface area contributed by atoms with Gasteiger partial charge in [-0.05, 0) is 53.1 Å². The fourth-order valence-electron chi connectivity index (χ4n) is 3.89. The normalized spacial score (nSPS) is 10.8. The first kappa shape index (κ1) is 25.6. The summed E-state index contributed by atoms with van der Waals surface area (Å²) in [5.74, 6) is -1.28. The van der Waals surface area contributed by atoms with E-state index in [1.54, 1.807) is 60.9 Å². The lowest BCUT2D eigenvalue weighted by Gasteiger charge is -2.10. The third kappa shape index (κ3) is 5.60. The summed E-state index contributed by atoms with van der Waals surface area (Å²) in [6.07, 6.45) is 3.37. The van der Waals surface area contributed by atoms with Crippen molar-refractivity contribution in [2.75, 3.05) is 0 Å². The Kier molecular flexibility index (Phi) is 7.51. The van der Waals surface area contributed by atoms with E-state index in [-0.39, 0.29) is 11.5 Å². The van der Waals surface area contributed by atoms with Crippen molar-refractivity contribution < 1.29 is 14.7 Å². The van der Waals surface area contributed by atoms with Crippen LogP contribution in [0.2, 0.25) is 10.0 Å². The van der Waals surface area contributed by atoms with Gasteiger partial charge in [0, 0.05) is 41.0 Å². The van der Waals surface area contributed by atoms with Gasteiger partial charge in [-0.15, -0.1) is 11.3 Å². The minimum Gasteiger partial charge on any atom is -0.478 e. The lowest BCUT2D eigenvalue weighted by molar-refractivity contribution is 0.0697. The highest BCUT2D eigenvalue weighted by Gasteiger charge is 2.16. The van der Waals surface area contributed by atoms with Gasteiger partial charge in [0.1, 0.15) is 5.01 Å². The van der Waals surface area contributed by atoms with E-state index in [1.807, 2.05) is 29.6 Å². The van der Waals surface area contributed by atoms with Crippen LogP contribution in [0.5, 0.6) is 0 Å². The molecule has 0 unspecified atom stereocenters. The van der Waals surface area contributed by atoms with E-state index in [9.17, 15) is 14.7 Å². The van der Waals surface area contributed by atoms with Gasteiger partial charge in [-0.1, -0.05) is 59.6 Å². The summed E-state index contributed by atoms with van der Waals surface area (Å²) >= 11 is 13.6. The van der Waals surface area contributed by atoms with Gasteiger partial charge >= 0.3 is 5.97 Å². The molecule has 3 aromatic carbocycles. The first-order chi connectivity index (χ1) is 18.4. The molecule has 0 saturated heterocycles. The quantitative estimate of drug-likeness (QED) is 0.215. The molecule has 5 aromatic rings. The number of thiazole rings is 1. The first-order valence-electron chi connectivity index (χ1n) is 11.5. The summed E-state index contributed by atoms with van der Waals surface area (Å²) in [6, 6.07) is 21.0. The predicted molar refractivity (Wildman–Crippen MR) is 151 cm³/mol. The highest BCUT2D eigenvalue weighted by molar-refractivity contribution is 7.13. The zero-order chi connectivity index (χ0) is 26.6. The van der Waals surface area contributed by atoms with Crippen LogP contribution >= 0.6 is 34.5 Å². The molecule has 2 heterocycles. The topological polar surface area (TPSA) is 92.2 Å². The Balaban J connectivity index is 1.37. The fraction of sp³-hybridized carbons (Fsp3) is 0.0345. The highest BCUT2D eigenvalue weighted by Crippen LogP contribution is 2.34. The van der Waals surface area contributed by atoms with Gasteiger partial charge in [-0.25, -0.2) is 9.78 Å². The summed E-state index contributed by atoms with van der Waals surface area (Å²) in [5.41, 5.74) is 4.98. The average molecular weight is 560 g/mol. The van der Waals surface area contributed by atoms with Gasteiger partial charge in [-0.3, -0.25) is 9.78 Å². The molecule has 38 heavy (non-hydrogen) atoms. The molecule has 0 saturated carbocycles. The minimum atomic E-state index is -1.05. The number of benzene rings is 3. The number of carboxylic acid groups (broad SMARTS) is 1. The summed E-state index contributed by atoms with van der Waals surface area (Å²) in [4.78, 5) is 33.4. The maximum absolute atomic E-state index is 12.5. The number of aromatic carboxylic acids is 1. The Morgan fingerprint density at radius 2 is 1.66 bits per heavy atom. The molecular formula is C29H19Cl2N3O3S. The van der Waals surface area contributed by atoms with Crippen molar-refractivity contribution in [1.29, 1.82) is 0 Å². The number of nitrogens with zero attached hydrogens (tertiary/aromatic N) is 2. The second-order valence-electron chi connectivity index (χ2n) is 8.35. The summed E-state index contributed by atoms with van der Waals surface area (Å²) in [6.45, 7) is 0.364. The second-order valence-corrected chi connectivity index (χ2v) is 10.0. The van der Waals surface area contributed by atoms with Gasteiger partial charge in [0.25, 0.3) is 5.91 Å². The second kappa shape index (κ2) is 11.1. The van der Waals surface area contributed by atoms with Crippen molar-refractivity contribution in [3.05, 3.63) is 117 Å². The van der Waals surface area contributed by atoms with Gasteiger partial charge in [-0.2, -0.15) is 0 Å². The van der Waals surface area contributed by atoms with Crippen LogP contribution in [0.4, 0.5) is 0 Å². The SMILES string of the molecule is O=C(NCc1cccnc1)c1ccc(-c2ccc(-c3nc(-c4ccc(Cl)c(Cl)c4)cs3)cc2C(=O)O)cc1. The van der Waals surface area contributed by atoms with Crippen LogP contribution in [0, 0.1) is 0 Å². The molecule has 0 fully saturated rings. The minimum absolute atomic E-state index is 0.141. The molecule has 2 aromatic heterocycles. The largest absolute Gasteiger partial charge is 0.478 e. The third-order valence-corrected chi connectivity index (χ3v) is 7.48. The van der Waals surface area contributed by atoms with E-state index in [2.05, 4.69) is 15.3 Å². The number of amides is 1. The maximum Gasteiger partial charge on any atom is 0.336 e. The molecule has 6 nitrogen and oxygen atoms in total. The molecule has 0 spiro atoms. The van der Waals surface area contributed by atoms with E-state index in [0.29, 0.717) is 43.9 Å². The van der Waals surface area contributed by atoms with Crippen LogP contribution in [0.15, 0.2) is 90.6 Å². The lowest BCUT2D eigenvalue weighted by atomic mass is 9.96. The van der Waals surface area contributed by atoms with Crippen molar-refractivity contribution >= 4 is 46.4 Å². The summed E-state index contributed by atoms with van der Waals surface area (Å²) < 4.78 is 0. The summed E-state index contributed by atoms with van der Waals surface area (Å²) in [7, 11) is 0. The van der Waals surface area contributed by atoms with Crippen molar-refractivity contribution in [3.63, 3.8) is 0 Å². The van der Waals surface area contributed by atoms with E-state index in [1.165, 1.54) is 11.3 Å². The van der Waals surface area contributed by atoms with Gasteiger partial charge in [0.05, 0.1) is 21.3 Å². The molecule has 0 aliphatic heterocycles. The molecule has 2 N–H and O–H groups in total. The molecular weight excluding hydrogens is 541 g/mol. The highest BCUT2D eigenvalue weighted by atomic mass is 35.5. The number of nitrogens with one attached hydrogen (secondary N) is 1. The number of hydrogen-bond acceptors (Lipinski definition) is 5. The predicted octanol–water partition coefficient (Wildman–Crippen LogP) is 7.47. The Hall–Kier alpha value is -4.04. The zero-order valence-electron chi connectivity index (χ0n) is 19.7. The monoisotopic (exact) mass is 559 g/mol. The number of pyridine rings is 1. The van der Waals surface area contributed by atoms with Crippen LogP contribution in [-0.2, 0) is 6.54 Å². The number of halogens is 2. The Morgan fingerprint density at radius 1 is 0.895 bits per heavy atom. The van der Waals surface area contributed by atoms with Crippen molar-refractivity contribution in [2.24, 2.45) is 0 Å².